The molecule has 1 N–H and O–H groups in total. The summed E-state index contributed by atoms with van der Waals surface area (Å²) in [6.45, 7) is 2.08. The van der Waals surface area contributed by atoms with Crippen molar-refractivity contribution in [2.75, 3.05) is 6.54 Å². The fourth-order valence-electron chi connectivity index (χ4n) is 3.31. The van der Waals surface area contributed by atoms with Crippen molar-refractivity contribution in [3.63, 3.8) is 0 Å². The summed E-state index contributed by atoms with van der Waals surface area (Å²) in [6, 6.07) is 12.1. The highest BCUT2D eigenvalue weighted by Crippen LogP contribution is 2.21. The Kier molecular flexibility index (Phi) is 3.65. The molecule has 4 rings (SSSR count). The van der Waals surface area contributed by atoms with E-state index in [1.54, 1.807) is 0 Å². The average Bonchev–Trinajstić information content (AvgIpc) is 2.59. The van der Waals surface area contributed by atoms with Gasteiger partial charge in [-0.2, -0.15) is 0 Å². The zero-order chi connectivity index (χ0) is 16.7. The third kappa shape index (κ3) is 2.61. The van der Waals surface area contributed by atoms with Gasteiger partial charge in [0.2, 0.25) is 0 Å². The van der Waals surface area contributed by atoms with Crippen LogP contribution in [0.4, 0.5) is 8.78 Å². The summed E-state index contributed by atoms with van der Waals surface area (Å²) in [5.41, 5.74) is 2.80. The number of fused-ring (bicyclic) bond motifs is 2. The van der Waals surface area contributed by atoms with Crippen LogP contribution in [0.5, 0.6) is 0 Å². The lowest BCUT2D eigenvalue weighted by atomic mass is 10.0. The SMILES string of the molecule is O=c1c2c([nH]c3cc(F)c(F)cc13)CCN(Cc1ccccc1)C2. The van der Waals surface area contributed by atoms with E-state index in [2.05, 4.69) is 22.0 Å². The van der Waals surface area contributed by atoms with Crippen LogP contribution in [0.15, 0.2) is 47.3 Å². The Morgan fingerprint density at radius 2 is 1.83 bits per heavy atom. The van der Waals surface area contributed by atoms with E-state index in [-0.39, 0.29) is 10.8 Å². The molecule has 0 radical (unpaired) electrons. The van der Waals surface area contributed by atoms with E-state index in [0.29, 0.717) is 24.0 Å². The molecule has 3 aromatic rings. The smallest absolute Gasteiger partial charge is 0.194 e. The summed E-state index contributed by atoms with van der Waals surface area (Å²) in [5.74, 6) is -1.94. The van der Waals surface area contributed by atoms with Crippen molar-refractivity contribution in [2.45, 2.75) is 19.5 Å². The molecule has 0 aliphatic carbocycles. The van der Waals surface area contributed by atoms with Gasteiger partial charge in [0, 0.05) is 48.8 Å². The van der Waals surface area contributed by atoms with Crippen LogP contribution in [-0.4, -0.2) is 16.4 Å². The van der Waals surface area contributed by atoms with Crippen molar-refractivity contribution in [3.05, 3.63) is 81.1 Å². The molecule has 24 heavy (non-hydrogen) atoms. The number of H-pyrrole nitrogens is 1. The van der Waals surface area contributed by atoms with Crippen molar-refractivity contribution in [1.82, 2.24) is 9.88 Å². The molecule has 0 saturated heterocycles. The highest BCUT2D eigenvalue weighted by molar-refractivity contribution is 5.79. The Morgan fingerprint density at radius 1 is 1.08 bits per heavy atom. The summed E-state index contributed by atoms with van der Waals surface area (Å²) < 4.78 is 26.9. The van der Waals surface area contributed by atoms with Gasteiger partial charge in [-0.1, -0.05) is 30.3 Å². The lowest BCUT2D eigenvalue weighted by molar-refractivity contribution is 0.243. The molecular formula is C19H16F2N2O. The predicted molar refractivity (Wildman–Crippen MR) is 88.7 cm³/mol. The van der Waals surface area contributed by atoms with E-state index >= 15 is 0 Å². The number of rotatable bonds is 2. The second kappa shape index (κ2) is 5.83. The van der Waals surface area contributed by atoms with Crippen molar-refractivity contribution in [3.8, 4) is 0 Å². The fourth-order valence-corrected chi connectivity index (χ4v) is 3.31. The number of hydrogen-bond donors (Lipinski definition) is 1. The van der Waals surface area contributed by atoms with Crippen molar-refractivity contribution in [1.29, 1.82) is 0 Å². The molecule has 0 amide bonds. The lowest BCUT2D eigenvalue weighted by Gasteiger charge is -2.28. The van der Waals surface area contributed by atoms with Crippen molar-refractivity contribution < 1.29 is 8.78 Å². The Hall–Kier alpha value is -2.53. The molecule has 1 aliphatic heterocycles. The van der Waals surface area contributed by atoms with E-state index in [9.17, 15) is 13.6 Å². The Balaban J connectivity index is 1.71. The van der Waals surface area contributed by atoms with E-state index in [0.717, 1.165) is 30.9 Å². The number of nitrogens with one attached hydrogen (secondary N) is 1. The second-order valence-electron chi connectivity index (χ2n) is 6.17. The summed E-state index contributed by atoms with van der Waals surface area (Å²) in [4.78, 5) is 18.0. The molecule has 2 aromatic carbocycles. The molecular weight excluding hydrogens is 310 g/mol. The lowest BCUT2D eigenvalue weighted by Crippen LogP contribution is -2.34. The molecule has 0 spiro atoms. The van der Waals surface area contributed by atoms with Gasteiger partial charge in [-0.3, -0.25) is 9.69 Å². The summed E-state index contributed by atoms with van der Waals surface area (Å²) in [5, 5.41) is 0.203. The third-order valence-electron chi connectivity index (χ3n) is 4.54. The van der Waals surface area contributed by atoms with Crippen molar-refractivity contribution in [2.24, 2.45) is 0 Å². The summed E-state index contributed by atoms with van der Waals surface area (Å²) in [6.07, 6.45) is 0.687. The number of aromatic nitrogens is 1. The minimum Gasteiger partial charge on any atom is -0.358 e. The standard InChI is InChI=1S/C19H16F2N2O/c20-15-8-13-18(9-16(15)21)22-17-6-7-23(11-14(17)19(13)24)10-12-4-2-1-3-5-12/h1-5,8-9H,6-7,10-11H2,(H,22,24). The Morgan fingerprint density at radius 3 is 2.62 bits per heavy atom. The fraction of sp³-hybridized carbons (Fsp3) is 0.211. The van der Waals surface area contributed by atoms with E-state index in [1.807, 2.05) is 18.2 Å². The predicted octanol–water partition coefficient (Wildman–Crippen LogP) is 3.36. The van der Waals surface area contributed by atoms with Crippen LogP contribution >= 0.6 is 0 Å². The first-order valence-corrected chi connectivity index (χ1v) is 7.91. The van der Waals surface area contributed by atoms with E-state index in [4.69, 9.17) is 0 Å². The van der Waals surface area contributed by atoms with Gasteiger partial charge in [-0.05, 0) is 11.6 Å². The second-order valence-corrected chi connectivity index (χ2v) is 6.17. The van der Waals surface area contributed by atoms with Gasteiger partial charge in [-0.15, -0.1) is 0 Å². The highest BCUT2D eigenvalue weighted by atomic mass is 19.2. The monoisotopic (exact) mass is 326 g/mol. The first-order chi connectivity index (χ1) is 11.6. The van der Waals surface area contributed by atoms with Gasteiger partial charge < -0.3 is 4.98 Å². The Labute approximate surface area is 137 Å². The molecule has 3 nitrogen and oxygen atoms in total. The van der Waals surface area contributed by atoms with Gasteiger partial charge in [0.1, 0.15) is 0 Å². The maximum absolute atomic E-state index is 13.5. The largest absolute Gasteiger partial charge is 0.358 e. The zero-order valence-corrected chi connectivity index (χ0v) is 13.0. The molecule has 1 aromatic heterocycles. The normalized spacial score (nSPS) is 14.8. The zero-order valence-electron chi connectivity index (χ0n) is 13.0. The number of halogens is 2. The molecule has 2 heterocycles. The molecule has 0 atom stereocenters. The summed E-state index contributed by atoms with van der Waals surface area (Å²) >= 11 is 0. The molecule has 0 saturated carbocycles. The van der Waals surface area contributed by atoms with Gasteiger partial charge in [0.05, 0.1) is 5.52 Å². The van der Waals surface area contributed by atoms with Crippen LogP contribution in [-0.2, 0) is 19.5 Å². The first-order valence-electron chi connectivity index (χ1n) is 7.91. The van der Waals surface area contributed by atoms with Gasteiger partial charge >= 0.3 is 0 Å². The number of hydrogen-bond acceptors (Lipinski definition) is 2. The summed E-state index contributed by atoms with van der Waals surface area (Å²) in [7, 11) is 0. The number of pyridine rings is 1. The minimum atomic E-state index is -0.995. The van der Waals surface area contributed by atoms with E-state index < -0.39 is 11.6 Å². The van der Waals surface area contributed by atoms with Crippen LogP contribution < -0.4 is 5.43 Å². The molecule has 0 unspecified atom stereocenters. The molecule has 0 fully saturated rings. The molecule has 1 aliphatic rings. The number of benzene rings is 2. The maximum Gasteiger partial charge on any atom is 0.194 e. The molecule has 122 valence electrons. The van der Waals surface area contributed by atoms with Crippen LogP contribution in [0.3, 0.4) is 0 Å². The first kappa shape index (κ1) is 15.0. The Bertz CT molecular complexity index is 967. The van der Waals surface area contributed by atoms with E-state index in [1.165, 1.54) is 5.56 Å². The highest BCUT2D eigenvalue weighted by Gasteiger charge is 2.21. The third-order valence-corrected chi connectivity index (χ3v) is 4.54. The molecule has 5 heteroatoms. The maximum atomic E-state index is 13.5. The van der Waals surface area contributed by atoms with Gasteiger partial charge in [0.15, 0.2) is 17.1 Å². The van der Waals surface area contributed by atoms with Crippen LogP contribution in [0.1, 0.15) is 16.8 Å². The quantitative estimate of drug-likeness (QED) is 0.784. The van der Waals surface area contributed by atoms with Crippen LogP contribution in [0.25, 0.3) is 10.9 Å². The topological polar surface area (TPSA) is 36.1 Å². The van der Waals surface area contributed by atoms with Crippen LogP contribution in [0, 0.1) is 11.6 Å². The van der Waals surface area contributed by atoms with Gasteiger partial charge in [-0.25, -0.2) is 8.78 Å². The number of nitrogens with zero attached hydrogens (tertiary/aromatic N) is 1. The average molecular weight is 326 g/mol. The van der Waals surface area contributed by atoms with Gasteiger partial charge in [0.25, 0.3) is 0 Å². The number of aromatic amines is 1. The van der Waals surface area contributed by atoms with Crippen LogP contribution in [0.2, 0.25) is 0 Å². The minimum absolute atomic E-state index is 0.203. The van der Waals surface area contributed by atoms with Crippen molar-refractivity contribution >= 4 is 10.9 Å². The molecule has 0 bridgehead atoms.